The summed E-state index contributed by atoms with van der Waals surface area (Å²) in [4.78, 5) is 25.6. The first kappa shape index (κ1) is 17.7. The average molecular weight is 273 g/mol. The van der Waals surface area contributed by atoms with Crippen LogP contribution in [0.5, 0.6) is 0 Å². The Morgan fingerprint density at radius 1 is 1.00 bits per heavy atom. The van der Waals surface area contributed by atoms with E-state index in [0.29, 0.717) is 19.8 Å². The molecule has 0 aliphatic carbocycles. The number of rotatable bonds is 7. The number of carbonyl (C=O) groups is 2. The molecule has 0 aromatic rings. The van der Waals surface area contributed by atoms with E-state index in [1.807, 2.05) is 27.7 Å². The van der Waals surface area contributed by atoms with Crippen molar-refractivity contribution in [2.24, 2.45) is 11.8 Å². The zero-order chi connectivity index (χ0) is 15.0. The van der Waals surface area contributed by atoms with Gasteiger partial charge in [-0.15, -0.1) is 0 Å². The lowest BCUT2D eigenvalue weighted by atomic mass is 10.0. The molecule has 0 rings (SSSR count). The maximum Gasteiger partial charge on any atom is 0.410 e. The van der Waals surface area contributed by atoms with Crippen LogP contribution in [0.1, 0.15) is 41.5 Å². The number of esters is 1. The second-order valence-electron chi connectivity index (χ2n) is 5.19. The van der Waals surface area contributed by atoms with E-state index < -0.39 is 12.1 Å². The highest BCUT2D eigenvalue weighted by Gasteiger charge is 2.34. The van der Waals surface area contributed by atoms with E-state index in [9.17, 15) is 9.59 Å². The highest BCUT2D eigenvalue weighted by molar-refractivity contribution is 5.81. The fourth-order valence-electron chi connectivity index (χ4n) is 1.89. The first-order valence-corrected chi connectivity index (χ1v) is 6.95. The van der Waals surface area contributed by atoms with Crippen LogP contribution in [0.15, 0.2) is 0 Å². The van der Waals surface area contributed by atoms with Gasteiger partial charge >= 0.3 is 12.1 Å². The average Bonchev–Trinajstić information content (AvgIpc) is 2.27. The largest absolute Gasteiger partial charge is 0.464 e. The molecule has 5 nitrogen and oxygen atoms in total. The van der Waals surface area contributed by atoms with Gasteiger partial charge in [0.25, 0.3) is 0 Å². The van der Waals surface area contributed by atoms with Gasteiger partial charge in [0.2, 0.25) is 0 Å². The second kappa shape index (κ2) is 8.77. The van der Waals surface area contributed by atoms with Crippen molar-refractivity contribution in [1.29, 1.82) is 0 Å². The van der Waals surface area contributed by atoms with Gasteiger partial charge in [-0.3, -0.25) is 4.90 Å². The Balaban J connectivity index is 5.12. The molecule has 0 fully saturated rings. The highest BCUT2D eigenvalue weighted by Crippen LogP contribution is 2.16. The van der Waals surface area contributed by atoms with Crippen LogP contribution in [0, 0.1) is 11.8 Å². The molecule has 0 aromatic carbocycles. The molecule has 0 bridgehead atoms. The molecule has 5 heteroatoms. The summed E-state index contributed by atoms with van der Waals surface area (Å²) in [6, 6.07) is -0.596. The van der Waals surface area contributed by atoms with Crippen molar-refractivity contribution in [2.75, 3.05) is 19.8 Å². The smallest absolute Gasteiger partial charge is 0.410 e. The standard InChI is InChI=1S/C14H27NO4/c1-7-18-13(16)12(11(5)6)15(9-10(3)4)14(17)19-8-2/h10-12H,7-9H2,1-6H3. The molecular formula is C14H27NO4. The Bertz CT molecular complexity index is 289. The quantitative estimate of drug-likeness (QED) is 0.669. The predicted octanol–water partition coefficient (Wildman–Crippen LogP) is 2.69. The van der Waals surface area contributed by atoms with Gasteiger partial charge in [0.1, 0.15) is 6.04 Å². The van der Waals surface area contributed by atoms with Crippen LogP contribution in [-0.2, 0) is 14.3 Å². The minimum absolute atomic E-state index is 0.0257. The normalized spacial score (nSPS) is 12.4. The Labute approximate surface area is 116 Å². The fraction of sp³-hybridized carbons (Fsp3) is 0.857. The summed E-state index contributed by atoms with van der Waals surface area (Å²) >= 11 is 0. The highest BCUT2D eigenvalue weighted by atomic mass is 16.6. The number of hydrogen-bond acceptors (Lipinski definition) is 4. The number of hydrogen-bond donors (Lipinski definition) is 0. The van der Waals surface area contributed by atoms with Crippen LogP contribution in [0.2, 0.25) is 0 Å². The van der Waals surface area contributed by atoms with Crippen molar-refractivity contribution >= 4 is 12.1 Å². The molecule has 1 amide bonds. The van der Waals surface area contributed by atoms with Crippen LogP contribution >= 0.6 is 0 Å². The first-order chi connectivity index (χ1) is 8.84. The van der Waals surface area contributed by atoms with Gasteiger partial charge in [0.15, 0.2) is 0 Å². The van der Waals surface area contributed by atoms with Crippen LogP contribution in [0.4, 0.5) is 4.79 Å². The number of carbonyl (C=O) groups excluding carboxylic acids is 2. The Kier molecular flexibility index (Phi) is 8.19. The Morgan fingerprint density at radius 3 is 1.89 bits per heavy atom. The van der Waals surface area contributed by atoms with Gasteiger partial charge in [-0.1, -0.05) is 27.7 Å². The maximum atomic E-state index is 12.0. The summed E-state index contributed by atoms with van der Waals surface area (Å²) in [5, 5.41) is 0. The van der Waals surface area contributed by atoms with Crippen molar-refractivity contribution < 1.29 is 19.1 Å². The summed E-state index contributed by atoms with van der Waals surface area (Å²) < 4.78 is 10.1. The molecule has 0 radical (unpaired) electrons. The summed E-state index contributed by atoms with van der Waals surface area (Å²) in [6.07, 6.45) is -0.456. The molecule has 1 unspecified atom stereocenters. The fourth-order valence-corrected chi connectivity index (χ4v) is 1.89. The van der Waals surface area contributed by atoms with Crippen LogP contribution in [0.25, 0.3) is 0 Å². The Hall–Kier alpha value is -1.26. The number of amides is 1. The molecule has 0 aromatic heterocycles. The summed E-state index contributed by atoms with van der Waals surface area (Å²) in [7, 11) is 0. The van der Waals surface area contributed by atoms with Crippen LogP contribution in [0.3, 0.4) is 0 Å². The lowest BCUT2D eigenvalue weighted by Gasteiger charge is -2.32. The van der Waals surface area contributed by atoms with Crippen LogP contribution in [-0.4, -0.2) is 42.8 Å². The monoisotopic (exact) mass is 273 g/mol. The summed E-state index contributed by atoms with van der Waals surface area (Å²) in [6.45, 7) is 12.4. The third-order valence-electron chi connectivity index (χ3n) is 2.56. The van der Waals surface area contributed by atoms with Gasteiger partial charge < -0.3 is 9.47 Å². The van der Waals surface area contributed by atoms with Crippen molar-refractivity contribution in [3.63, 3.8) is 0 Å². The lowest BCUT2D eigenvalue weighted by Crippen LogP contribution is -2.50. The molecule has 0 saturated heterocycles. The van der Waals surface area contributed by atoms with E-state index in [4.69, 9.17) is 9.47 Å². The third kappa shape index (κ3) is 5.94. The van der Waals surface area contributed by atoms with Gasteiger partial charge in [-0.25, -0.2) is 9.59 Å². The molecule has 0 spiro atoms. The maximum absolute atomic E-state index is 12.0. The minimum atomic E-state index is -0.596. The second-order valence-corrected chi connectivity index (χ2v) is 5.19. The molecule has 1 atom stereocenters. The van der Waals surface area contributed by atoms with E-state index in [1.165, 1.54) is 4.90 Å². The van der Waals surface area contributed by atoms with E-state index >= 15 is 0 Å². The third-order valence-corrected chi connectivity index (χ3v) is 2.56. The molecule has 0 aliphatic rings. The van der Waals surface area contributed by atoms with Crippen molar-refractivity contribution in [1.82, 2.24) is 4.90 Å². The molecule has 0 heterocycles. The van der Waals surface area contributed by atoms with Crippen LogP contribution < -0.4 is 0 Å². The first-order valence-electron chi connectivity index (χ1n) is 6.95. The van der Waals surface area contributed by atoms with E-state index in [1.54, 1.807) is 13.8 Å². The van der Waals surface area contributed by atoms with E-state index in [2.05, 4.69) is 0 Å². The molecule has 19 heavy (non-hydrogen) atoms. The molecule has 0 N–H and O–H groups in total. The number of nitrogens with zero attached hydrogens (tertiary/aromatic N) is 1. The molecule has 112 valence electrons. The molecular weight excluding hydrogens is 246 g/mol. The molecule has 0 aliphatic heterocycles. The zero-order valence-corrected chi connectivity index (χ0v) is 12.9. The number of ether oxygens (including phenoxy) is 2. The minimum Gasteiger partial charge on any atom is -0.464 e. The Morgan fingerprint density at radius 2 is 1.53 bits per heavy atom. The predicted molar refractivity (Wildman–Crippen MR) is 73.8 cm³/mol. The van der Waals surface area contributed by atoms with Crippen molar-refractivity contribution in [3.05, 3.63) is 0 Å². The van der Waals surface area contributed by atoms with Gasteiger partial charge in [0.05, 0.1) is 13.2 Å². The lowest BCUT2D eigenvalue weighted by molar-refractivity contribution is -0.150. The van der Waals surface area contributed by atoms with Crippen molar-refractivity contribution in [2.45, 2.75) is 47.6 Å². The summed E-state index contributed by atoms with van der Waals surface area (Å²) in [5.74, 6) is -0.145. The van der Waals surface area contributed by atoms with E-state index in [0.717, 1.165) is 0 Å². The zero-order valence-electron chi connectivity index (χ0n) is 12.9. The SMILES string of the molecule is CCOC(=O)C(C(C)C)N(CC(C)C)C(=O)OCC. The van der Waals surface area contributed by atoms with Gasteiger partial charge in [-0.05, 0) is 25.7 Å². The van der Waals surface area contributed by atoms with Crippen molar-refractivity contribution in [3.8, 4) is 0 Å². The van der Waals surface area contributed by atoms with E-state index in [-0.39, 0.29) is 17.8 Å². The topological polar surface area (TPSA) is 55.8 Å². The van der Waals surface area contributed by atoms with Gasteiger partial charge in [0, 0.05) is 6.54 Å². The summed E-state index contributed by atoms with van der Waals surface area (Å²) in [5.41, 5.74) is 0. The van der Waals surface area contributed by atoms with Gasteiger partial charge in [-0.2, -0.15) is 0 Å². The molecule has 0 saturated carbocycles.